The maximum absolute atomic E-state index is 14.5. The summed E-state index contributed by atoms with van der Waals surface area (Å²) in [4.78, 5) is 47.5. The quantitative estimate of drug-likeness (QED) is 0.441. The molecule has 202 valence electrons. The lowest BCUT2D eigenvalue weighted by molar-refractivity contribution is -0.133. The van der Waals surface area contributed by atoms with Gasteiger partial charge in [-0.1, -0.05) is 41.9 Å². The molecule has 7 nitrogen and oxygen atoms in total. The minimum atomic E-state index is -2.89. The summed E-state index contributed by atoms with van der Waals surface area (Å²) in [7, 11) is 0. The first kappa shape index (κ1) is 26.7. The molecule has 1 unspecified atom stereocenters. The molecule has 11 heteroatoms. The monoisotopic (exact) mass is 556 g/mol. The molecule has 0 radical (unpaired) electrons. The molecule has 1 saturated carbocycles. The van der Waals surface area contributed by atoms with Gasteiger partial charge in [-0.05, 0) is 42.8 Å². The van der Waals surface area contributed by atoms with E-state index < -0.39 is 54.5 Å². The highest BCUT2D eigenvalue weighted by molar-refractivity contribution is 6.31. The highest BCUT2D eigenvalue weighted by Gasteiger charge is 2.48. The van der Waals surface area contributed by atoms with Gasteiger partial charge in [-0.2, -0.15) is 0 Å². The third-order valence-electron chi connectivity index (χ3n) is 6.86. The number of amides is 3. The molecular formula is C28H24ClF3N4O3. The maximum Gasteiger partial charge on any atom is 0.252 e. The zero-order valence-electron chi connectivity index (χ0n) is 20.6. The second-order valence-electron chi connectivity index (χ2n) is 9.59. The molecule has 0 bridgehead atoms. The number of carbonyl (C=O) groups is 3. The van der Waals surface area contributed by atoms with Crippen molar-refractivity contribution in [2.24, 2.45) is 0 Å². The molecule has 1 aliphatic heterocycles. The molecule has 39 heavy (non-hydrogen) atoms. The fraction of sp³-hybridized carbons (Fsp3) is 0.286. The zero-order valence-corrected chi connectivity index (χ0v) is 21.3. The van der Waals surface area contributed by atoms with Gasteiger partial charge in [0.2, 0.25) is 11.8 Å². The van der Waals surface area contributed by atoms with Crippen LogP contribution in [0.3, 0.4) is 0 Å². The Morgan fingerprint density at radius 3 is 2.49 bits per heavy atom. The van der Waals surface area contributed by atoms with Gasteiger partial charge in [0.25, 0.3) is 11.8 Å². The summed E-state index contributed by atoms with van der Waals surface area (Å²) in [5.41, 5.74) is 0.258. The van der Waals surface area contributed by atoms with E-state index in [0.717, 1.165) is 11.0 Å². The average molecular weight is 557 g/mol. The molecule has 3 amide bonds. The van der Waals surface area contributed by atoms with Crippen molar-refractivity contribution in [3.05, 3.63) is 89.3 Å². The number of anilines is 2. The Morgan fingerprint density at radius 2 is 1.82 bits per heavy atom. The molecule has 3 aromatic rings. The van der Waals surface area contributed by atoms with Crippen molar-refractivity contribution in [2.45, 2.75) is 49.7 Å². The molecule has 2 atom stereocenters. The summed E-state index contributed by atoms with van der Waals surface area (Å²) in [6.07, 6.45) is 0.607. The Labute approximate surface area is 227 Å². The standard InChI is InChI=1S/C28H24ClF3N4O3/c29-21-9-2-1-8-20(21)25(26(38)34-18-15-28(31,32)16-18)35(19-7-5-6-17(30)14-19)27(39)22-11-12-24(37)36(22)23-10-3-4-13-33-23/h1-10,13-14,18,22,25H,11-12,15-16H2,(H,34,38)/t22-,25?/m0/s1. The first-order valence-electron chi connectivity index (χ1n) is 12.4. The number of nitrogens with one attached hydrogen (secondary N) is 1. The van der Waals surface area contributed by atoms with Crippen LogP contribution in [0.2, 0.25) is 5.02 Å². The van der Waals surface area contributed by atoms with Crippen LogP contribution in [-0.4, -0.2) is 40.7 Å². The minimum Gasteiger partial charge on any atom is -0.351 e. The SMILES string of the molecule is O=C(NC1CC(F)(F)C1)C(c1ccccc1Cl)N(C(=O)[C@@H]1CCC(=O)N1c1ccccn1)c1cccc(F)c1. The third kappa shape index (κ3) is 5.47. The lowest BCUT2D eigenvalue weighted by Gasteiger charge is -2.39. The number of halogens is 4. The van der Waals surface area contributed by atoms with Crippen molar-refractivity contribution in [2.75, 3.05) is 9.80 Å². The van der Waals surface area contributed by atoms with Crippen molar-refractivity contribution in [3.63, 3.8) is 0 Å². The van der Waals surface area contributed by atoms with Gasteiger partial charge in [0.05, 0.1) is 0 Å². The van der Waals surface area contributed by atoms with Gasteiger partial charge in [-0.15, -0.1) is 0 Å². The van der Waals surface area contributed by atoms with Gasteiger partial charge < -0.3 is 5.32 Å². The van der Waals surface area contributed by atoms with Crippen LogP contribution in [0.4, 0.5) is 24.7 Å². The summed E-state index contributed by atoms with van der Waals surface area (Å²) in [6.45, 7) is 0. The van der Waals surface area contributed by atoms with Gasteiger partial charge in [0.15, 0.2) is 0 Å². The van der Waals surface area contributed by atoms with E-state index in [1.165, 1.54) is 41.4 Å². The number of pyridine rings is 1. The van der Waals surface area contributed by atoms with E-state index in [4.69, 9.17) is 11.6 Å². The molecular weight excluding hydrogens is 533 g/mol. The molecule has 0 spiro atoms. The Morgan fingerprint density at radius 1 is 1.08 bits per heavy atom. The van der Waals surface area contributed by atoms with Crippen molar-refractivity contribution in [1.82, 2.24) is 10.3 Å². The van der Waals surface area contributed by atoms with E-state index >= 15 is 0 Å². The fourth-order valence-corrected chi connectivity index (χ4v) is 5.27. The highest BCUT2D eigenvalue weighted by atomic mass is 35.5. The second kappa shape index (κ2) is 10.7. The van der Waals surface area contributed by atoms with Crippen LogP contribution in [0.5, 0.6) is 0 Å². The van der Waals surface area contributed by atoms with Crippen LogP contribution in [-0.2, 0) is 14.4 Å². The largest absolute Gasteiger partial charge is 0.351 e. The number of nitrogens with zero attached hydrogens (tertiary/aromatic N) is 3. The number of hydrogen-bond donors (Lipinski definition) is 1. The first-order chi connectivity index (χ1) is 18.6. The maximum atomic E-state index is 14.5. The molecule has 2 aliphatic rings. The van der Waals surface area contributed by atoms with Crippen LogP contribution in [0.25, 0.3) is 0 Å². The summed E-state index contributed by atoms with van der Waals surface area (Å²) in [5, 5.41) is 2.75. The Balaban J connectivity index is 1.60. The van der Waals surface area contributed by atoms with Crippen LogP contribution in [0.1, 0.15) is 37.3 Å². The fourth-order valence-electron chi connectivity index (χ4n) is 5.03. The first-order valence-corrected chi connectivity index (χ1v) is 12.8. The van der Waals surface area contributed by atoms with Crippen molar-refractivity contribution in [3.8, 4) is 0 Å². The number of hydrogen-bond acceptors (Lipinski definition) is 4. The van der Waals surface area contributed by atoms with Crippen molar-refractivity contribution in [1.29, 1.82) is 0 Å². The van der Waals surface area contributed by atoms with Gasteiger partial charge in [-0.3, -0.25) is 24.2 Å². The lowest BCUT2D eigenvalue weighted by atomic mass is 9.87. The summed E-state index contributed by atoms with van der Waals surface area (Å²) >= 11 is 6.48. The smallest absolute Gasteiger partial charge is 0.252 e. The van der Waals surface area contributed by atoms with E-state index in [1.54, 1.807) is 30.3 Å². The minimum absolute atomic E-state index is 0.0410. The Kier molecular flexibility index (Phi) is 7.31. The predicted molar refractivity (Wildman–Crippen MR) is 139 cm³/mol. The molecule has 1 aliphatic carbocycles. The van der Waals surface area contributed by atoms with E-state index in [9.17, 15) is 27.6 Å². The van der Waals surface area contributed by atoms with E-state index in [1.807, 2.05) is 0 Å². The van der Waals surface area contributed by atoms with E-state index in [0.29, 0.717) is 0 Å². The van der Waals surface area contributed by atoms with Crippen LogP contribution < -0.4 is 15.1 Å². The highest BCUT2D eigenvalue weighted by Crippen LogP contribution is 2.39. The molecule has 2 fully saturated rings. The van der Waals surface area contributed by atoms with Gasteiger partial charge in [0.1, 0.15) is 23.7 Å². The topological polar surface area (TPSA) is 82.6 Å². The molecule has 1 aromatic heterocycles. The number of rotatable bonds is 7. The van der Waals surface area contributed by atoms with Crippen molar-refractivity contribution >= 4 is 40.8 Å². The van der Waals surface area contributed by atoms with Crippen LogP contribution >= 0.6 is 11.6 Å². The van der Waals surface area contributed by atoms with Crippen molar-refractivity contribution < 1.29 is 27.6 Å². The average Bonchev–Trinajstić information content (AvgIpc) is 3.28. The van der Waals surface area contributed by atoms with Gasteiger partial charge >= 0.3 is 0 Å². The second-order valence-corrected chi connectivity index (χ2v) is 10.00. The third-order valence-corrected chi connectivity index (χ3v) is 7.20. The van der Waals surface area contributed by atoms with Gasteiger partial charge in [-0.25, -0.2) is 18.2 Å². The number of benzene rings is 2. The molecule has 1 N–H and O–H groups in total. The number of aromatic nitrogens is 1. The Hall–Kier alpha value is -3.92. The van der Waals surface area contributed by atoms with Gasteiger partial charge in [0, 0.05) is 47.8 Å². The number of alkyl halides is 2. The molecule has 2 heterocycles. The Bertz CT molecular complexity index is 1400. The molecule has 1 saturated heterocycles. The normalized spacial score (nSPS) is 19.3. The summed E-state index contributed by atoms with van der Waals surface area (Å²) in [6, 6.07) is 13.1. The number of carbonyl (C=O) groups excluding carboxylic acids is 3. The lowest BCUT2D eigenvalue weighted by Crippen LogP contribution is -2.56. The molecule has 5 rings (SSSR count). The zero-order chi connectivity index (χ0) is 27.7. The van der Waals surface area contributed by atoms with E-state index in [2.05, 4.69) is 10.3 Å². The van der Waals surface area contributed by atoms with Crippen LogP contribution in [0.15, 0.2) is 72.9 Å². The predicted octanol–water partition coefficient (Wildman–Crippen LogP) is 5.06. The van der Waals surface area contributed by atoms with E-state index in [-0.39, 0.29) is 40.8 Å². The summed E-state index contributed by atoms with van der Waals surface area (Å²) in [5.74, 6) is -5.05. The molecule has 2 aromatic carbocycles. The summed E-state index contributed by atoms with van der Waals surface area (Å²) < 4.78 is 41.5. The van der Waals surface area contributed by atoms with Crippen LogP contribution in [0, 0.1) is 5.82 Å².